The summed E-state index contributed by atoms with van der Waals surface area (Å²) in [6.45, 7) is 8.75. The number of likely N-dealkylation sites (tertiary alicyclic amines) is 1. The molecule has 0 unspecified atom stereocenters. The molecule has 2 saturated heterocycles. The lowest BCUT2D eigenvalue weighted by Gasteiger charge is -2.36. The van der Waals surface area contributed by atoms with Crippen LogP contribution in [0.2, 0.25) is 0 Å². The molecule has 0 aromatic carbocycles. The molecule has 0 saturated carbocycles. The molecule has 2 aliphatic rings. The van der Waals surface area contributed by atoms with E-state index in [1.165, 1.54) is 0 Å². The molecule has 2 heterocycles. The Labute approximate surface area is 121 Å². The molecule has 3 atom stereocenters. The summed E-state index contributed by atoms with van der Waals surface area (Å²) < 4.78 is 5.65. The van der Waals surface area contributed by atoms with Crippen LogP contribution in [0.3, 0.4) is 0 Å². The molecule has 5 nitrogen and oxygen atoms in total. The van der Waals surface area contributed by atoms with Crippen molar-refractivity contribution in [2.75, 3.05) is 26.2 Å². The van der Waals surface area contributed by atoms with Crippen molar-refractivity contribution in [3.05, 3.63) is 0 Å². The lowest BCUT2D eigenvalue weighted by atomic mass is 10.1. The average molecular weight is 282 g/mol. The fraction of sp³-hybridized carbons (Fsp3) is 0.867. The van der Waals surface area contributed by atoms with E-state index in [1.807, 2.05) is 23.6 Å². The predicted octanol–water partition coefficient (Wildman–Crippen LogP) is 1.27. The number of unbranched alkanes of at least 4 members (excludes halogenated alkanes) is 1. The zero-order chi connectivity index (χ0) is 14.7. The normalized spacial score (nSPS) is 30.9. The predicted molar refractivity (Wildman–Crippen MR) is 76.2 cm³/mol. The Morgan fingerprint density at radius 2 is 1.90 bits per heavy atom. The van der Waals surface area contributed by atoms with Crippen molar-refractivity contribution in [2.24, 2.45) is 5.92 Å². The second-order valence-electron chi connectivity index (χ2n) is 6.09. The topological polar surface area (TPSA) is 49.9 Å². The molecule has 114 valence electrons. The standard InChI is InChI=1S/C15H26N2O3/c1-4-5-6-16-10-13(7-14(16)18)15(19)17-8-11(2)20-12(3)9-17/h11-13H,4-10H2,1-3H3/t11-,12-,13-/m1/s1. The highest BCUT2D eigenvalue weighted by molar-refractivity contribution is 5.89. The number of carbonyl (C=O) groups is 2. The SMILES string of the molecule is CCCCN1C[C@H](C(=O)N2C[C@@H](C)O[C@H](C)C2)CC1=O. The Hall–Kier alpha value is -1.10. The summed E-state index contributed by atoms with van der Waals surface area (Å²) in [5, 5.41) is 0. The van der Waals surface area contributed by atoms with Gasteiger partial charge in [0.2, 0.25) is 11.8 Å². The van der Waals surface area contributed by atoms with Gasteiger partial charge < -0.3 is 14.5 Å². The quantitative estimate of drug-likeness (QED) is 0.780. The van der Waals surface area contributed by atoms with Crippen LogP contribution >= 0.6 is 0 Å². The van der Waals surface area contributed by atoms with Gasteiger partial charge in [0.25, 0.3) is 0 Å². The van der Waals surface area contributed by atoms with Crippen LogP contribution in [0.5, 0.6) is 0 Å². The van der Waals surface area contributed by atoms with Gasteiger partial charge in [-0.05, 0) is 20.3 Å². The molecule has 2 amide bonds. The first-order chi connectivity index (χ1) is 9.51. The Bertz CT molecular complexity index is 362. The summed E-state index contributed by atoms with van der Waals surface area (Å²) in [4.78, 5) is 28.2. The lowest BCUT2D eigenvalue weighted by Crippen LogP contribution is -2.50. The highest BCUT2D eigenvalue weighted by Crippen LogP contribution is 2.22. The minimum absolute atomic E-state index is 0.0796. The van der Waals surface area contributed by atoms with E-state index in [-0.39, 0.29) is 29.9 Å². The van der Waals surface area contributed by atoms with Crippen LogP contribution in [-0.2, 0) is 14.3 Å². The van der Waals surface area contributed by atoms with Crippen molar-refractivity contribution >= 4 is 11.8 Å². The van der Waals surface area contributed by atoms with Gasteiger partial charge in [-0.3, -0.25) is 9.59 Å². The molecule has 2 fully saturated rings. The number of rotatable bonds is 4. The number of ether oxygens (including phenoxy) is 1. The summed E-state index contributed by atoms with van der Waals surface area (Å²) >= 11 is 0. The van der Waals surface area contributed by atoms with Crippen molar-refractivity contribution in [3.63, 3.8) is 0 Å². The van der Waals surface area contributed by atoms with Crippen molar-refractivity contribution in [2.45, 2.75) is 52.2 Å². The fourth-order valence-electron chi connectivity index (χ4n) is 3.12. The van der Waals surface area contributed by atoms with Crippen LogP contribution in [-0.4, -0.2) is 60.0 Å². The van der Waals surface area contributed by atoms with E-state index < -0.39 is 0 Å². The summed E-state index contributed by atoms with van der Waals surface area (Å²) in [6.07, 6.45) is 2.62. The van der Waals surface area contributed by atoms with Gasteiger partial charge in [-0.2, -0.15) is 0 Å². The molecular formula is C15H26N2O3. The van der Waals surface area contributed by atoms with Gasteiger partial charge in [0.1, 0.15) is 0 Å². The number of nitrogens with zero attached hydrogens (tertiary/aromatic N) is 2. The maximum atomic E-state index is 12.5. The third-order valence-corrected chi connectivity index (χ3v) is 4.08. The van der Waals surface area contributed by atoms with Gasteiger partial charge in [-0.1, -0.05) is 13.3 Å². The molecule has 0 bridgehead atoms. The van der Waals surface area contributed by atoms with Gasteiger partial charge in [-0.25, -0.2) is 0 Å². The second kappa shape index (κ2) is 6.57. The summed E-state index contributed by atoms with van der Waals surface area (Å²) in [7, 11) is 0. The number of carbonyl (C=O) groups excluding carboxylic acids is 2. The number of hydrogen-bond donors (Lipinski definition) is 0. The summed E-state index contributed by atoms with van der Waals surface area (Å²) in [6, 6.07) is 0. The van der Waals surface area contributed by atoms with E-state index in [0.29, 0.717) is 26.1 Å². The molecule has 0 aliphatic carbocycles. The molecular weight excluding hydrogens is 256 g/mol. The van der Waals surface area contributed by atoms with Crippen LogP contribution < -0.4 is 0 Å². The molecule has 0 spiro atoms. The first kappa shape index (κ1) is 15.3. The third kappa shape index (κ3) is 3.51. The maximum Gasteiger partial charge on any atom is 0.228 e. The second-order valence-corrected chi connectivity index (χ2v) is 6.09. The molecule has 2 rings (SSSR count). The first-order valence-electron chi connectivity index (χ1n) is 7.73. The summed E-state index contributed by atoms with van der Waals surface area (Å²) in [5.74, 6) is 0.0994. The lowest BCUT2D eigenvalue weighted by molar-refractivity contribution is -0.147. The first-order valence-corrected chi connectivity index (χ1v) is 7.73. The summed E-state index contributed by atoms with van der Waals surface area (Å²) in [5.41, 5.74) is 0. The fourth-order valence-corrected chi connectivity index (χ4v) is 3.12. The molecule has 0 N–H and O–H groups in total. The van der Waals surface area contributed by atoms with Gasteiger partial charge in [0, 0.05) is 32.6 Å². The van der Waals surface area contributed by atoms with Crippen LogP contribution in [0.4, 0.5) is 0 Å². The highest BCUT2D eigenvalue weighted by atomic mass is 16.5. The molecule has 20 heavy (non-hydrogen) atoms. The van der Waals surface area contributed by atoms with Gasteiger partial charge in [-0.15, -0.1) is 0 Å². The smallest absolute Gasteiger partial charge is 0.228 e. The van der Waals surface area contributed by atoms with Crippen LogP contribution in [0, 0.1) is 5.92 Å². The molecule has 5 heteroatoms. The van der Waals surface area contributed by atoms with Crippen molar-refractivity contribution in [3.8, 4) is 0 Å². The number of hydrogen-bond acceptors (Lipinski definition) is 3. The zero-order valence-electron chi connectivity index (χ0n) is 12.8. The molecule has 0 radical (unpaired) electrons. The molecule has 0 aromatic heterocycles. The van der Waals surface area contributed by atoms with Crippen LogP contribution in [0.25, 0.3) is 0 Å². The van der Waals surface area contributed by atoms with E-state index in [1.54, 1.807) is 0 Å². The van der Waals surface area contributed by atoms with E-state index in [4.69, 9.17) is 4.74 Å². The Balaban J connectivity index is 1.91. The zero-order valence-corrected chi connectivity index (χ0v) is 12.8. The van der Waals surface area contributed by atoms with Gasteiger partial charge in [0.05, 0.1) is 18.1 Å². The molecule has 2 aliphatic heterocycles. The van der Waals surface area contributed by atoms with E-state index >= 15 is 0 Å². The minimum atomic E-state index is -0.156. The highest BCUT2D eigenvalue weighted by Gasteiger charge is 2.37. The van der Waals surface area contributed by atoms with Crippen LogP contribution in [0.15, 0.2) is 0 Å². The number of amides is 2. The van der Waals surface area contributed by atoms with Crippen molar-refractivity contribution in [1.29, 1.82) is 0 Å². The van der Waals surface area contributed by atoms with E-state index in [0.717, 1.165) is 19.4 Å². The van der Waals surface area contributed by atoms with Gasteiger partial charge in [0.15, 0.2) is 0 Å². The average Bonchev–Trinajstić information content (AvgIpc) is 2.75. The van der Waals surface area contributed by atoms with Gasteiger partial charge >= 0.3 is 0 Å². The minimum Gasteiger partial charge on any atom is -0.372 e. The van der Waals surface area contributed by atoms with Crippen LogP contribution in [0.1, 0.15) is 40.0 Å². The van der Waals surface area contributed by atoms with Crippen molar-refractivity contribution < 1.29 is 14.3 Å². The Morgan fingerprint density at radius 1 is 1.25 bits per heavy atom. The Morgan fingerprint density at radius 3 is 2.50 bits per heavy atom. The van der Waals surface area contributed by atoms with Crippen molar-refractivity contribution in [1.82, 2.24) is 9.80 Å². The Kier molecular flexibility index (Phi) is 5.02. The largest absolute Gasteiger partial charge is 0.372 e. The number of morpholine rings is 1. The van der Waals surface area contributed by atoms with E-state index in [2.05, 4.69) is 6.92 Å². The van der Waals surface area contributed by atoms with E-state index in [9.17, 15) is 9.59 Å². The molecule has 0 aromatic rings. The maximum absolute atomic E-state index is 12.5. The third-order valence-electron chi connectivity index (χ3n) is 4.08. The monoisotopic (exact) mass is 282 g/mol.